The number of alkyl halides is 1. The molecule has 1 unspecified atom stereocenters. The highest BCUT2D eigenvalue weighted by molar-refractivity contribution is 9.09. The summed E-state index contributed by atoms with van der Waals surface area (Å²) in [4.78, 5) is 0. The number of ether oxygens (including phenoxy) is 4. The molecule has 33 heavy (non-hydrogen) atoms. The average molecular weight is 513 g/mol. The third kappa shape index (κ3) is 6.73. The second-order valence-electron chi connectivity index (χ2n) is 8.00. The standard InChI is InChI=1S/C27H29BrO5/c28-16-23-24(30-17-20-10-4-1-5-11-20)25(31-18-21-12-6-2-7-13-21)26(27(29)33-23)32-19-22-14-8-3-9-15-22/h1-15,23-27,29H,16-19H2/t23?,24-,25-,26-,27+/m0/s1. The van der Waals surface area contributed by atoms with Crippen LogP contribution in [0, 0.1) is 0 Å². The first-order valence-corrected chi connectivity index (χ1v) is 12.2. The first kappa shape index (κ1) is 24.1. The van der Waals surface area contributed by atoms with E-state index in [0.29, 0.717) is 25.2 Å². The molecule has 0 radical (unpaired) electrons. The van der Waals surface area contributed by atoms with Gasteiger partial charge in [0.1, 0.15) is 18.3 Å². The highest BCUT2D eigenvalue weighted by Crippen LogP contribution is 2.30. The van der Waals surface area contributed by atoms with E-state index in [1.165, 1.54) is 0 Å². The van der Waals surface area contributed by atoms with E-state index in [0.717, 1.165) is 16.7 Å². The number of aliphatic hydroxyl groups is 1. The molecule has 1 heterocycles. The zero-order valence-corrected chi connectivity index (χ0v) is 19.9. The van der Waals surface area contributed by atoms with Gasteiger partial charge in [0.2, 0.25) is 0 Å². The van der Waals surface area contributed by atoms with Gasteiger partial charge in [0.25, 0.3) is 0 Å². The molecule has 1 N–H and O–H groups in total. The largest absolute Gasteiger partial charge is 0.368 e. The van der Waals surface area contributed by atoms with Crippen LogP contribution >= 0.6 is 15.9 Å². The van der Waals surface area contributed by atoms with E-state index in [4.69, 9.17) is 18.9 Å². The monoisotopic (exact) mass is 512 g/mol. The third-order valence-corrected chi connectivity index (χ3v) is 6.26. The van der Waals surface area contributed by atoms with Crippen LogP contribution in [0.15, 0.2) is 91.0 Å². The number of hydrogen-bond donors (Lipinski definition) is 1. The van der Waals surface area contributed by atoms with E-state index < -0.39 is 24.6 Å². The molecule has 1 fully saturated rings. The highest BCUT2D eigenvalue weighted by atomic mass is 79.9. The molecule has 5 nitrogen and oxygen atoms in total. The van der Waals surface area contributed by atoms with E-state index in [1.54, 1.807) is 0 Å². The summed E-state index contributed by atoms with van der Waals surface area (Å²) in [5.41, 5.74) is 3.11. The van der Waals surface area contributed by atoms with Gasteiger partial charge in [0.15, 0.2) is 6.29 Å². The number of hydrogen-bond acceptors (Lipinski definition) is 5. The number of aliphatic hydroxyl groups excluding tert-OH is 1. The molecule has 6 heteroatoms. The fraction of sp³-hybridized carbons (Fsp3) is 0.333. The van der Waals surface area contributed by atoms with Gasteiger partial charge >= 0.3 is 0 Å². The first-order chi connectivity index (χ1) is 16.2. The van der Waals surface area contributed by atoms with Gasteiger partial charge in [-0.3, -0.25) is 0 Å². The molecule has 1 saturated heterocycles. The third-order valence-electron chi connectivity index (χ3n) is 5.62. The Hall–Kier alpha value is -2.06. The normalized spacial score (nSPS) is 25.1. The van der Waals surface area contributed by atoms with Crippen molar-refractivity contribution in [2.75, 3.05) is 5.33 Å². The van der Waals surface area contributed by atoms with Gasteiger partial charge in [-0.15, -0.1) is 0 Å². The lowest BCUT2D eigenvalue weighted by Gasteiger charge is -2.44. The van der Waals surface area contributed by atoms with E-state index in [2.05, 4.69) is 15.9 Å². The number of benzene rings is 3. The SMILES string of the molecule is O[C@@H]1OC(CBr)[C@H](OCc2ccccc2)[C@H](OCc2ccccc2)[C@@H]1OCc1ccccc1. The molecule has 3 aromatic carbocycles. The lowest BCUT2D eigenvalue weighted by Crippen LogP contribution is -2.60. The van der Waals surface area contributed by atoms with Crippen LogP contribution in [0.5, 0.6) is 0 Å². The summed E-state index contributed by atoms with van der Waals surface area (Å²) in [6.45, 7) is 1.12. The summed E-state index contributed by atoms with van der Waals surface area (Å²) in [5, 5.41) is 11.3. The number of halogens is 1. The van der Waals surface area contributed by atoms with E-state index in [-0.39, 0.29) is 6.10 Å². The summed E-state index contributed by atoms with van der Waals surface area (Å²) >= 11 is 3.51. The molecule has 0 saturated carbocycles. The predicted molar refractivity (Wildman–Crippen MR) is 130 cm³/mol. The van der Waals surface area contributed by atoms with Crippen LogP contribution in [0.3, 0.4) is 0 Å². The zero-order chi connectivity index (χ0) is 22.9. The van der Waals surface area contributed by atoms with Crippen molar-refractivity contribution in [2.45, 2.75) is 50.5 Å². The lowest BCUT2D eigenvalue weighted by atomic mass is 9.98. The van der Waals surface area contributed by atoms with E-state index in [9.17, 15) is 5.11 Å². The Morgan fingerprint density at radius 3 is 1.42 bits per heavy atom. The molecule has 0 aliphatic carbocycles. The smallest absolute Gasteiger partial charge is 0.184 e. The second kappa shape index (κ2) is 12.4. The molecule has 3 aromatic rings. The molecular formula is C27H29BrO5. The average Bonchev–Trinajstić information content (AvgIpc) is 2.87. The maximum atomic E-state index is 10.8. The zero-order valence-electron chi connectivity index (χ0n) is 18.3. The van der Waals surface area contributed by atoms with Crippen LogP contribution in [0.4, 0.5) is 0 Å². The van der Waals surface area contributed by atoms with Crippen LogP contribution in [-0.4, -0.2) is 41.1 Å². The fourth-order valence-corrected chi connectivity index (χ4v) is 4.41. The van der Waals surface area contributed by atoms with Gasteiger partial charge in [-0.25, -0.2) is 0 Å². The van der Waals surface area contributed by atoms with Crippen molar-refractivity contribution in [3.63, 3.8) is 0 Å². The van der Waals surface area contributed by atoms with Crippen LogP contribution < -0.4 is 0 Å². The Balaban J connectivity index is 1.53. The van der Waals surface area contributed by atoms with E-state index >= 15 is 0 Å². The maximum Gasteiger partial charge on any atom is 0.184 e. The minimum atomic E-state index is -1.13. The fourth-order valence-electron chi connectivity index (χ4n) is 3.89. The Bertz CT molecular complexity index is 941. The predicted octanol–water partition coefficient (Wildman–Crippen LogP) is 4.85. The van der Waals surface area contributed by atoms with Crippen LogP contribution in [0.25, 0.3) is 0 Å². The molecular weight excluding hydrogens is 484 g/mol. The van der Waals surface area contributed by atoms with Gasteiger partial charge in [-0.2, -0.15) is 0 Å². The van der Waals surface area contributed by atoms with Gasteiger partial charge in [0, 0.05) is 5.33 Å². The summed E-state index contributed by atoms with van der Waals surface area (Å²) in [5.74, 6) is 0. The van der Waals surface area contributed by atoms with Crippen LogP contribution in [0.2, 0.25) is 0 Å². The Labute approximate surface area is 203 Å². The van der Waals surface area contributed by atoms with E-state index in [1.807, 2.05) is 91.0 Å². The minimum Gasteiger partial charge on any atom is -0.368 e. The molecule has 1 aliphatic heterocycles. The Morgan fingerprint density at radius 1 is 0.606 bits per heavy atom. The van der Waals surface area contributed by atoms with Crippen molar-refractivity contribution in [2.24, 2.45) is 0 Å². The molecule has 0 amide bonds. The van der Waals surface area contributed by atoms with Crippen molar-refractivity contribution in [1.82, 2.24) is 0 Å². The molecule has 0 spiro atoms. The van der Waals surface area contributed by atoms with Gasteiger partial charge in [-0.1, -0.05) is 107 Å². The molecule has 5 atom stereocenters. The quantitative estimate of drug-likeness (QED) is 0.393. The van der Waals surface area contributed by atoms with Crippen molar-refractivity contribution in [3.05, 3.63) is 108 Å². The Morgan fingerprint density at radius 2 is 1.00 bits per heavy atom. The molecule has 1 aliphatic rings. The topological polar surface area (TPSA) is 57.2 Å². The summed E-state index contributed by atoms with van der Waals surface area (Å²) < 4.78 is 24.8. The Kier molecular flexibility index (Phi) is 9.06. The summed E-state index contributed by atoms with van der Waals surface area (Å²) in [6.07, 6.45) is -3.18. The van der Waals surface area contributed by atoms with Crippen molar-refractivity contribution >= 4 is 15.9 Å². The van der Waals surface area contributed by atoms with Crippen LogP contribution in [-0.2, 0) is 38.8 Å². The second-order valence-corrected chi connectivity index (χ2v) is 8.65. The first-order valence-electron chi connectivity index (χ1n) is 11.1. The van der Waals surface area contributed by atoms with Gasteiger partial charge in [-0.05, 0) is 16.7 Å². The molecule has 174 valence electrons. The minimum absolute atomic E-state index is 0.335. The van der Waals surface area contributed by atoms with Crippen LogP contribution in [0.1, 0.15) is 16.7 Å². The molecule has 4 rings (SSSR count). The number of rotatable bonds is 10. The van der Waals surface area contributed by atoms with Gasteiger partial charge < -0.3 is 24.1 Å². The van der Waals surface area contributed by atoms with Crippen molar-refractivity contribution in [3.8, 4) is 0 Å². The summed E-state index contributed by atoms with van der Waals surface area (Å²) in [7, 11) is 0. The van der Waals surface area contributed by atoms with Crippen molar-refractivity contribution in [1.29, 1.82) is 0 Å². The maximum absolute atomic E-state index is 10.8. The molecule has 0 bridgehead atoms. The van der Waals surface area contributed by atoms with Gasteiger partial charge in [0.05, 0.1) is 25.9 Å². The summed E-state index contributed by atoms with van der Waals surface area (Å²) in [6, 6.07) is 29.8. The highest BCUT2D eigenvalue weighted by Gasteiger charge is 2.47. The van der Waals surface area contributed by atoms with Crippen molar-refractivity contribution < 1.29 is 24.1 Å². The molecule has 0 aromatic heterocycles. The lowest BCUT2D eigenvalue weighted by molar-refractivity contribution is -0.307.